The highest BCUT2D eigenvalue weighted by molar-refractivity contribution is 5.71. The Balaban J connectivity index is 2.33. The van der Waals surface area contributed by atoms with Crippen molar-refractivity contribution in [3.63, 3.8) is 0 Å². The molecule has 0 aliphatic heterocycles. The van der Waals surface area contributed by atoms with Gasteiger partial charge in [-0.25, -0.2) is 0 Å². The average molecular weight is 234 g/mol. The Bertz CT molecular complexity index is 522. The van der Waals surface area contributed by atoms with E-state index >= 15 is 0 Å². The van der Waals surface area contributed by atoms with Crippen molar-refractivity contribution >= 4 is 17.2 Å². The maximum absolute atomic E-state index is 6.09. The molecule has 0 unspecified atom stereocenters. The SMILES string of the molecule is CC(C)c1nn(C)c(Nc2cnn(C)c2)c1N. The van der Waals surface area contributed by atoms with E-state index in [2.05, 4.69) is 29.4 Å². The van der Waals surface area contributed by atoms with E-state index in [4.69, 9.17) is 5.73 Å². The highest BCUT2D eigenvalue weighted by atomic mass is 15.3. The Kier molecular flexibility index (Phi) is 2.79. The van der Waals surface area contributed by atoms with Crippen molar-refractivity contribution in [2.24, 2.45) is 14.1 Å². The van der Waals surface area contributed by atoms with Crippen molar-refractivity contribution in [1.82, 2.24) is 19.6 Å². The van der Waals surface area contributed by atoms with Crippen LogP contribution < -0.4 is 11.1 Å². The van der Waals surface area contributed by atoms with Crippen LogP contribution in [-0.2, 0) is 14.1 Å². The lowest BCUT2D eigenvalue weighted by Gasteiger charge is -2.05. The first-order valence-corrected chi connectivity index (χ1v) is 5.57. The molecule has 0 aliphatic carbocycles. The van der Waals surface area contributed by atoms with Gasteiger partial charge < -0.3 is 11.1 Å². The third kappa shape index (κ3) is 2.11. The molecule has 0 aliphatic rings. The molecule has 92 valence electrons. The second-order valence-corrected chi connectivity index (χ2v) is 4.45. The number of nitrogens with two attached hydrogens (primary N) is 1. The second-order valence-electron chi connectivity index (χ2n) is 4.45. The summed E-state index contributed by atoms with van der Waals surface area (Å²) in [7, 11) is 3.75. The number of nitrogens with one attached hydrogen (secondary N) is 1. The number of rotatable bonds is 3. The van der Waals surface area contributed by atoms with Crippen LogP contribution in [-0.4, -0.2) is 19.6 Å². The van der Waals surface area contributed by atoms with Crippen LogP contribution in [0.1, 0.15) is 25.5 Å². The molecule has 2 aromatic rings. The number of aryl methyl sites for hydroxylation is 2. The van der Waals surface area contributed by atoms with Crippen LogP contribution in [0.3, 0.4) is 0 Å². The predicted molar refractivity (Wildman–Crippen MR) is 68.2 cm³/mol. The fourth-order valence-corrected chi connectivity index (χ4v) is 1.76. The third-order valence-corrected chi connectivity index (χ3v) is 2.63. The van der Waals surface area contributed by atoms with E-state index in [-0.39, 0.29) is 0 Å². The van der Waals surface area contributed by atoms with Crippen LogP contribution in [0, 0.1) is 0 Å². The van der Waals surface area contributed by atoms with Crippen molar-refractivity contribution in [3.8, 4) is 0 Å². The molecular weight excluding hydrogens is 216 g/mol. The minimum Gasteiger partial charge on any atom is -0.394 e. The lowest BCUT2D eigenvalue weighted by molar-refractivity contribution is 0.718. The summed E-state index contributed by atoms with van der Waals surface area (Å²) >= 11 is 0. The summed E-state index contributed by atoms with van der Waals surface area (Å²) in [6.45, 7) is 4.15. The first-order valence-electron chi connectivity index (χ1n) is 5.57. The summed E-state index contributed by atoms with van der Waals surface area (Å²) in [6, 6.07) is 0. The molecule has 0 fully saturated rings. The molecule has 0 radical (unpaired) electrons. The summed E-state index contributed by atoms with van der Waals surface area (Å²) < 4.78 is 3.50. The Morgan fingerprint density at radius 1 is 1.35 bits per heavy atom. The van der Waals surface area contributed by atoms with Gasteiger partial charge in [-0.3, -0.25) is 9.36 Å². The van der Waals surface area contributed by atoms with Gasteiger partial charge in [0.25, 0.3) is 0 Å². The van der Waals surface area contributed by atoms with Crippen molar-refractivity contribution in [2.75, 3.05) is 11.1 Å². The molecular formula is C11H18N6. The van der Waals surface area contributed by atoms with Crippen LogP contribution >= 0.6 is 0 Å². The predicted octanol–water partition coefficient (Wildman–Crippen LogP) is 1.60. The first-order chi connectivity index (χ1) is 7.99. The Hall–Kier alpha value is -1.98. The molecule has 6 nitrogen and oxygen atoms in total. The third-order valence-electron chi connectivity index (χ3n) is 2.63. The zero-order valence-corrected chi connectivity index (χ0v) is 10.6. The number of hydrogen-bond acceptors (Lipinski definition) is 4. The van der Waals surface area contributed by atoms with Gasteiger partial charge in [0.15, 0.2) is 5.82 Å². The van der Waals surface area contributed by atoms with Crippen LogP contribution in [0.5, 0.6) is 0 Å². The van der Waals surface area contributed by atoms with Gasteiger partial charge in [-0.1, -0.05) is 13.8 Å². The zero-order chi connectivity index (χ0) is 12.6. The van der Waals surface area contributed by atoms with E-state index in [1.54, 1.807) is 15.6 Å². The van der Waals surface area contributed by atoms with Gasteiger partial charge in [-0.15, -0.1) is 0 Å². The largest absolute Gasteiger partial charge is 0.394 e. The monoisotopic (exact) mass is 234 g/mol. The maximum Gasteiger partial charge on any atom is 0.152 e. The normalized spacial score (nSPS) is 11.1. The number of nitrogens with zero attached hydrogens (tertiary/aromatic N) is 4. The van der Waals surface area contributed by atoms with Gasteiger partial charge in [0.2, 0.25) is 0 Å². The van der Waals surface area contributed by atoms with E-state index < -0.39 is 0 Å². The highest BCUT2D eigenvalue weighted by Gasteiger charge is 2.16. The van der Waals surface area contributed by atoms with Crippen molar-refractivity contribution in [2.45, 2.75) is 19.8 Å². The van der Waals surface area contributed by atoms with E-state index in [9.17, 15) is 0 Å². The van der Waals surface area contributed by atoms with Gasteiger partial charge >= 0.3 is 0 Å². The lowest BCUT2D eigenvalue weighted by atomic mass is 10.1. The molecule has 6 heteroatoms. The van der Waals surface area contributed by atoms with Gasteiger partial charge in [0.1, 0.15) is 0 Å². The quantitative estimate of drug-likeness (QED) is 0.846. The second kappa shape index (κ2) is 4.12. The van der Waals surface area contributed by atoms with Gasteiger partial charge in [-0.2, -0.15) is 10.2 Å². The molecule has 0 atom stereocenters. The van der Waals surface area contributed by atoms with Gasteiger partial charge in [-0.05, 0) is 5.92 Å². The smallest absolute Gasteiger partial charge is 0.152 e. The Morgan fingerprint density at radius 2 is 2.06 bits per heavy atom. The molecule has 2 aromatic heterocycles. The summed E-state index contributed by atoms with van der Waals surface area (Å²) in [6.07, 6.45) is 3.64. The Morgan fingerprint density at radius 3 is 2.53 bits per heavy atom. The Labute approximate surface area is 100 Å². The fraction of sp³-hybridized carbons (Fsp3) is 0.455. The van der Waals surface area contributed by atoms with Gasteiger partial charge in [0.05, 0.1) is 23.3 Å². The van der Waals surface area contributed by atoms with E-state index in [0.717, 1.165) is 17.2 Å². The van der Waals surface area contributed by atoms with Crippen LogP contribution in [0.15, 0.2) is 12.4 Å². The molecule has 0 amide bonds. The lowest BCUT2D eigenvalue weighted by Crippen LogP contribution is -2.00. The minimum atomic E-state index is 0.311. The fourth-order valence-electron chi connectivity index (χ4n) is 1.76. The highest BCUT2D eigenvalue weighted by Crippen LogP contribution is 2.29. The number of nitrogen functional groups attached to an aromatic ring is 1. The van der Waals surface area contributed by atoms with Crippen molar-refractivity contribution in [3.05, 3.63) is 18.1 Å². The summed E-state index contributed by atoms with van der Waals surface area (Å²) in [4.78, 5) is 0. The molecule has 0 bridgehead atoms. The number of hydrogen-bond donors (Lipinski definition) is 2. The molecule has 3 N–H and O–H groups in total. The first kappa shape index (κ1) is 11.5. The molecule has 0 spiro atoms. The molecule has 17 heavy (non-hydrogen) atoms. The van der Waals surface area contributed by atoms with Crippen LogP contribution in [0.25, 0.3) is 0 Å². The minimum absolute atomic E-state index is 0.311. The summed E-state index contributed by atoms with van der Waals surface area (Å²) in [5, 5.41) is 11.7. The standard InChI is InChI=1S/C11H18N6/c1-7(2)10-9(12)11(17(4)15-10)14-8-5-13-16(3)6-8/h5-7,14H,12H2,1-4H3. The molecule has 0 saturated carbocycles. The molecule has 2 heterocycles. The average Bonchev–Trinajstić information content (AvgIpc) is 2.77. The van der Waals surface area contributed by atoms with Crippen LogP contribution in [0.4, 0.5) is 17.2 Å². The van der Waals surface area contributed by atoms with Crippen LogP contribution in [0.2, 0.25) is 0 Å². The zero-order valence-electron chi connectivity index (χ0n) is 10.6. The van der Waals surface area contributed by atoms with E-state index in [1.807, 2.05) is 20.3 Å². The van der Waals surface area contributed by atoms with Crippen molar-refractivity contribution in [1.29, 1.82) is 0 Å². The maximum atomic E-state index is 6.09. The van der Waals surface area contributed by atoms with Crippen molar-refractivity contribution < 1.29 is 0 Å². The summed E-state index contributed by atoms with van der Waals surface area (Å²) in [5.41, 5.74) is 8.60. The van der Waals surface area contributed by atoms with E-state index in [0.29, 0.717) is 11.6 Å². The molecule has 2 rings (SSSR count). The molecule has 0 aromatic carbocycles. The van der Waals surface area contributed by atoms with Gasteiger partial charge in [0, 0.05) is 20.3 Å². The van der Waals surface area contributed by atoms with E-state index in [1.165, 1.54) is 0 Å². The topological polar surface area (TPSA) is 73.7 Å². The summed E-state index contributed by atoms with van der Waals surface area (Å²) in [5.74, 6) is 1.12. The molecule has 0 saturated heterocycles. The number of anilines is 3. The number of aromatic nitrogens is 4.